The number of fused-ring (bicyclic) bond motifs is 1. The van der Waals surface area contributed by atoms with Gasteiger partial charge in [-0.1, -0.05) is 0 Å². The summed E-state index contributed by atoms with van der Waals surface area (Å²) in [7, 11) is 1.82. The number of hydrogen-bond acceptors (Lipinski definition) is 5. The molecule has 0 saturated carbocycles. The van der Waals surface area contributed by atoms with E-state index >= 15 is 0 Å². The summed E-state index contributed by atoms with van der Waals surface area (Å²) in [6.45, 7) is 0.548. The highest BCUT2D eigenvalue weighted by atomic mass is 15.4. The van der Waals surface area contributed by atoms with E-state index in [4.69, 9.17) is 5.73 Å². The summed E-state index contributed by atoms with van der Waals surface area (Å²) in [4.78, 5) is 0. The second kappa shape index (κ2) is 3.59. The third-order valence-corrected chi connectivity index (χ3v) is 1.95. The van der Waals surface area contributed by atoms with Crippen molar-refractivity contribution in [2.24, 2.45) is 5.73 Å². The molecule has 0 spiro atoms. The summed E-state index contributed by atoms with van der Waals surface area (Å²) >= 11 is 0. The van der Waals surface area contributed by atoms with E-state index < -0.39 is 0 Å². The van der Waals surface area contributed by atoms with Crippen molar-refractivity contribution >= 4 is 11.5 Å². The van der Waals surface area contributed by atoms with E-state index in [9.17, 15) is 0 Å². The first-order chi connectivity index (χ1) is 6.85. The summed E-state index contributed by atoms with van der Waals surface area (Å²) in [5.41, 5.74) is 6.20. The van der Waals surface area contributed by atoms with Gasteiger partial charge in [0.2, 0.25) is 0 Å². The van der Waals surface area contributed by atoms with Crippen molar-refractivity contribution in [3.8, 4) is 0 Å². The minimum Gasteiger partial charge on any atom is -0.372 e. The average molecular weight is 192 g/mol. The molecule has 0 aliphatic rings. The van der Waals surface area contributed by atoms with Crippen molar-refractivity contribution in [3.05, 3.63) is 18.0 Å². The summed E-state index contributed by atoms with van der Waals surface area (Å²) in [6, 6.07) is 3.72. The van der Waals surface area contributed by atoms with Crippen LogP contribution in [-0.4, -0.2) is 33.4 Å². The lowest BCUT2D eigenvalue weighted by Gasteiger charge is -2.00. The third kappa shape index (κ3) is 1.39. The van der Waals surface area contributed by atoms with Gasteiger partial charge in [0.25, 0.3) is 0 Å². The fourth-order valence-corrected chi connectivity index (χ4v) is 1.25. The Labute approximate surface area is 81.1 Å². The quantitative estimate of drug-likeness (QED) is 0.695. The van der Waals surface area contributed by atoms with E-state index in [2.05, 4.69) is 20.6 Å². The molecule has 0 saturated heterocycles. The standard InChI is InChI=1S/C8H12N6/c1-10-6-2-3-7-11-12-8(4-5-9)14(7)13-6/h2-3H,4-5,9H2,1H3,(H,10,13). The lowest BCUT2D eigenvalue weighted by molar-refractivity contribution is 0.792. The van der Waals surface area contributed by atoms with Crippen LogP contribution in [0, 0.1) is 0 Å². The zero-order valence-corrected chi connectivity index (χ0v) is 7.94. The predicted molar refractivity (Wildman–Crippen MR) is 53.1 cm³/mol. The molecule has 14 heavy (non-hydrogen) atoms. The number of aromatic nitrogens is 4. The number of nitrogens with one attached hydrogen (secondary N) is 1. The summed E-state index contributed by atoms with van der Waals surface area (Å²) in [5, 5.41) is 15.2. The minimum atomic E-state index is 0.548. The lowest BCUT2D eigenvalue weighted by Crippen LogP contribution is -2.08. The van der Waals surface area contributed by atoms with Gasteiger partial charge in [-0.15, -0.1) is 15.3 Å². The van der Waals surface area contributed by atoms with Gasteiger partial charge in [-0.05, 0) is 18.7 Å². The van der Waals surface area contributed by atoms with E-state index in [0.717, 1.165) is 17.3 Å². The Morgan fingerprint density at radius 2 is 2.29 bits per heavy atom. The molecule has 74 valence electrons. The minimum absolute atomic E-state index is 0.548. The highest BCUT2D eigenvalue weighted by Crippen LogP contribution is 2.06. The molecule has 0 amide bonds. The fourth-order valence-electron chi connectivity index (χ4n) is 1.25. The number of hydrogen-bond donors (Lipinski definition) is 2. The van der Waals surface area contributed by atoms with Gasteiger partial charge in [-0.2, -0.15) is 4.52 Å². The average Bonchev–Trinajstić information content (AvgIpc) is 2.61. The van der Waals surface area contributed by atoms with Crippen molar-refractivity contribution in [2.75, 3.05) is 18.9 Å². The largest absolute Gasteiger partial charge is 0.372 e. The molecular formula is C8H12N6. The van der Waals surface area contributed by atoms with Gasteiger partial charge in [-0.25, -0.2) is 0 Å². The second-order valence-corrected chi connectivity index (χ2v) is 2.89. The molecule has 0 atom stereocenters. The number of anilines is 1. The zero-order chi connectivity index (χ0) is 9.97. The molecule has 2 heterocycles. The van der Waals surface area contributed by atoms with Gasteiger partial charge >= 0.3 is 0 Å². The van der Waals surface area contributed by atoms with Crippen molar-refractivity contribution in [1.29, 1.82) is 0 Å². The Kier molecular flexibility index (Phi) is 2.28. The predicted octanol–water partition coefficient (Wildman–Crippen LogP) is -0.333. The Morgan fingerprint density at radius 1 is 1.43 bits per heavy atom. The summed E-state index contributed by atoms with van der Waals surface area (Å²) in [5.74, 6) is 1.58. The summed E-state index contributed by atoms with van der Waals surface area (Å²) in [6.07, 6.45) is 0.682. The molecule has 2 rings (SSSR count). The first kappa shape index (κ1) is 8.89. The molecule has 0 radical (unpaired) electrons. The number of nitrogens with zero attached hydrogens (tertiary/aromatic N) is 4. The second-order valence-electron chi connectivity index (χ2n) is 2.89. The molecule has 0 aliphatic carbocycles. The van der Waals surface area contributed by atoms with E-state index in [1.807, 2.05) is 19.2 Å². The van der Waals surface area contributed by atoms with Crippen LogP contribution in [-0.2, 0) is 6.42 Å². The Balaban J connectivity index is 2.52. The van der Waals surface area contributed by atoms with Crippen molar-refractivity contribution in [2.45, 2.75) is 6.42 Å². The molecule has 2 aromatic rings. The third-order valence-electron chi connectivity index (χ3n) is 1.95. The Hall–Kier alpha value is -1.69. The molecule has 0 aliphatic heterocycles. The molecule has 0 unspecified atom stereocenters. The molecule has 0 bridgehead atoms. The first-order valence-electron chi connectivity index (χ1n) is 4.44. The monoisotopic (exact) mass is 192 g/mol. The van der Waals surface area contributed by atoms with Gasteiger partial charge < -0.3 is 11.1 Å². The van der Waals surface area contributed by atoms with Crippen LogP contribution >= 0.6 is 0 Å². The molecule has 0 fully saturated rings. The molecule has 6 heteroatoms. The van der Waals surface area contributed by atoms with Crippen LogP contribution in [0.15, 0.2) is 12.1 Å². The van der Waals surface area contributed by atoms with Crippen LogP contribution in [0.1, 0.15) is 5.82 Å². The van der Waals surface area contributed by atoms with Gasteiger partial charge in [0.05, 0.1) is 0 Å². The smallest absolute Gasteiger partial charge is 0.178 e. The highest BCUT2D eigenvalue weighted by Gasteiger charge is 2.05. The number of nitrogens with two attached hydrogens (primary N) is 1. The zero-order valence-electron chi connectivity index (χ0n) is 7.94. The lowest BCUT2D eigenvalue weighted by atomic mass is 10.4. The fraction of sp³-hybridized carbons (Fsp3) is 0.375. The molecule has 2 aromatic heterocycles. The Bertz CT molecular complexity index is 434. The van der Waals surface area contributed by atoms with Crippen LogP contribution in [0.25, 0.3) is 5.65 Å². The summed E-state index contributed by atoms with van der Waals surface area (Å²) < 4.78 is 1.71. The van der Waals surface area contributed by atoms with Gasteiger partial charge in [-0.3, -0.25) is 0 Å². The maximum absolute atomic E-state index is 5.46. The normalized spacial score (nSPS) is 10.7. The maximum atomic E-state index is 5.46. The molecular weight excluding hydrogens is 180 g/mol. The van der Waals surface area contributed by atoms with E-state index in [-0.39, 0.29) is 0 Å². The molecule has 3 N–H and O–H groups in total. The highest BCUT2D eigenvalue weighted by molar-refractivity contribution is 5.43. The van der Waals surface area contributed by atoms with Crippen LogP contribution in [0.3, 0.4) is 0 Å². The van der Waals surface area contributed by atoms with Crippen molar-refractivity contribution in [1.82, 2.24) is 19.8 Å². The van der Waals surface area contributed by atoms with E-state index in [0.29, 0.717) is 13.0 Å². The topological polar surface area (TPSA) is 81.1 Å². The van der Waals surface area contributed by atoms with Crippen LogP contribution in [0.5, 0.6) is 0 Å². The first-order valence-corrected chi connectivity index (χ1v) is 4.44. The SMILES string of the molecule is CNc1ccc2nnc(CCN)n2n1. The van der Waals surface area contributed by atoms with Gasteiger partial charge in [0.15, 0.2) is 11.5 Å². The molecule has 6 nitrogen and oxygen atoms in total. The van der Waals surface area contributed by atoms with Crippen molar-refractivity contribution < 1.29 is 0 Å². The Morgan fingerprint density at radius 3 is 3.00 bits per heavy atom. The van der Waals surface area contributed by atoms with Gasteiger partial charge in [0.1, 0.15) is 5.82 Å². The van der Waals surface area contributed by atoms with Crippen LogP contribution < -0.4 is 11.1 Å². The van der Waals surface area contributed by atoms with Crippen LogP contribution in [0.4, 0.5) is 5.82 Å². The van der Waals surface area contributed by atoms with E-state index in [1.165, 1.54) is 0 Å². The number of rotatable bonds is 3. The maximum Gasteiger partial charge on any atom is 0.178 e. The molecule has 0 aromatic carbocycles. The van der Waals surface area contributed by atoms with Crippen LogP contribution in [0.2, 0.25) is 0 Å². The van der Waals surface area contributed by atoms with E-state index in [1.54, 1.807) is 4.52 Å². The van der Waals surface area contributed by atoms with Gasteiger partial charge in [0, 0.05) is 13.5 Å². The van der Waals surface area contributed by atoms with Crippen molar-refractivity contribution in [3.63, 3.8) is 0 Å².